The van der Waals surface area contributed by atoms with Crippen LogP contribution in [0.5, 0.6) is 0 Å². The van der Waals surface area contributed by atoms with Gasteiger partial charge in [-0.1, -0.05) is 36.4 Å². The third-order valence-corrected chi connectivity index (χ3v) is 2.94. The zero-order valence-corrected chi connectivity index (χ0v) is 7.57. The minimum absolute atomic E-state index is 0.426. The topological polar surface area (TPSA) is 12.4 Å². The maximum atomic E-state index is 4.62. The average molecular weight is 169 g/mol. The van der Waals surface area contributed by atoms with Crippen molar-refractivity contribution in [1.82, 2.24) is 0 Å². The van der Waals surface area contributed by atoms with E-state index in [1.165, 1.54) is 16.8 Å². The molecular formula is C12H11N. The van der Waals surface area contributed by atoms with Crippen molar-refractivity contribution in [1.29, 1.82) is 0 Å². The minimum atomic E-state index is 0.426. The molecule has 1 aliphatic carbocycles. The largest absolute Gasteiger partial charge is 0.281 e. The smallest absolute Gasteiger partial charge is 0.0786 e. The summed E-state index contributed by atoms with van der Waals surface area (Å²) < 4.78 is 0. The summed E-state index contributed by atoms with van der Waals surface area (Å²) >= 11 is 0. The van der Waals surface area contributed by atoms with Crippen LogP contribution in [-0.2, 0) is 0 Å². The maximum absolute atomic E-state index is 4.62. The van der Waals surface area contributed by atoms with Crippen molar-refractivity contribution < 1.29 is 0 Å². The normalized spacial score (nSPS) is 28.5. The third kappa shape index (κ3) is 0.844. The van der Waals surface area contributed by atoms with Gasteiger partial charge in [0.1, 0.15) is 0 Å². The summed E-state index contributed by atoms with van der Waals surface area (Å²) in [5.41, 5.74) is 3.96. The first-order chi connectivity index (χ1) is 6.36. The van der Waals surface area contributed by atoms with Crippen molar-refractivity contribution in [3.05, 3.63) is 47.5 Å². The predicted molar refractivity (Wildman–Crippen MR) is 54.3 cm³/mol. The molecule has 1 heterocycles. The van der Waals surface area contributed by atoms with E-state index >= 15 is 0 Å². The lowest BCUT2D eigenvalue weighted by molar-refractivity contribution is 0.651. The molecule has 1 aromatic rings. The second-order valence-corrected chi connectivity index (χ2v) is 3.70. The number of rotatable bonds is 0. The van der Waals surface area contributed by atoms with Crippen LogP contribution in [0.2, 0.25) is 0 Å². The van der Waals surface area contributed by atoms with Crippen molar-refractivity contribution in [3.63, 3.8) is 0 Å². The first-order valence-electron chi connectivity index (χ1n) is 4.68. The number of nitrogens with zero attached hydrogens (tertiary/aromatic N) is 1. The molecule has 2 atom stereocenters. The molecule has 0 fully saturated rings. The quantitative estimate of drug-likeness (QED) is 0.529. The van der Waals surface area contributed by atoms with Crippen LogP contribution in [0.15, 0.2) is 41.4 Å². The summed E-state index contributed by atoms with van der Waals surface area (Å²) in [5, 5.41) is 0. The van der Waals surface area contributed by atoms with Gasteiger partial charge in [0.25, 0.3) is 0 Å². The Labute approximate surface area is 77.8 Å². The summed E-state index contributed by atoms with van der Waals surface area (Å²) in [6.07, 6.45) is 4.43. The second kappa shape index (κ2) is 2.32. The van der Waals surface area contributed by atoms with Crippen LogP contribution < -0.4 is 0 Å². The van der Waals surface area contributed by atoms with Crippen LogP contribution in [0.3, 0.4) is 0 Å². The van der Waals surface area contributed by atoms with Crippen LogP contribution in [0.25, 0.3) is 0 Å². The van der Waals surface area contributed by atoms with Gasteiger partial charge in [0.2, 0.25) is 0 Å². The van der Waals surface area contributed by atoms with Gasteiger partial charge in [-0.25, -0.2) is 0 Å². The molecule has 3 rings (SSSR count). The number of aliphatic imine (C=N–C) groups is 1. The molecule has 1 aromatic carbocycles. The highest BCUT2D eigenvalue weighted by atomic mass is 14.8. The fourth-order valence-corrected chi connectivity index (χ4v) is 2.14. The first kappa shape index (κ1) is 7.07. The summed E-state index contributed by atoms with van der Waals surface area (Å²) in [6, 6.07) is 9.00. The van der Waals surface area contributed by atoms with Crippen LogP contribution in [-0.4, -0.2) is 11.8 Å². The number of benzene rings is 1. The number of hydrogen-bond acceptors (Lipinski definition) is 1. The molecule has 0 aromatic heterocycles. The van der Waals surface area contributed by atoms with Gasteiger partial charge in [0.15, 0.2) is 0 Å². The molecule has 2 unspecified atom stereocenters. The number of fused-ring (bicyclic) bond motifs is 3. The number of hydrogen-bond donors (Lipinski definition) is 0. The Balaban J connectivity index is 2.25. The van der Waals surface area contributed by atoms with Crippen LogP contribution in [0.1, 0.15) is 24.0 Å². The molecule has 1 aliphatic heterocycles. The standard InChI is InChI=1S/C12H11N/c1-8-9-4-2-3-5-10(9)11-6-7-12(11)13-8/h2-7,11-12H,1H3. The van der Waals surface area contributed by atoms with Crippen molar-refractivity contribution >= 4 is 5.71 Å². The monoisotopic (exact) mass is 169 g/mol. The summed E-state index contributed by atoms with van der Waals surface area (Å²) in [4.78, 5) is 4.62. The Hall–Kier alpha value is -1.37. The Morgan fingerprint density at radius 3 is 2.77 bits per heavy atom. The lowest BCUT2D eigenvalue weighted by Gasteiger charge is -2.32. The molecular weight excluding hydrogens is 158 g/mol. The molecule has 0 N–H and O–H groups in total. The Morgan fingerprint density at radius 2 is 2.00 bits per heavy atom. The van der Waals surface area contributed by atoms with Gasteiger partial charge in [-0.2, -0.15) is 0 Å². The zero-order valence-electron chi connectivity index (χ0n) is 7.57. The first-order valence-corrected chi connectivity index (χ1v) is 4.68. The molecule has 1 heteroatoms. The predicted octanol–water partition coefficient (Wildman–Crippen LogP) is 2.53. The van der Waals surface area contributed by atoms with E-state index in [4.69, 9.17) is 0 Å². The van der Waals surface area contributed by atoms with Gasteiger partial charge in [-0.05, 0) is 18.1 Å². The summed E-state index contributed by atoms with van der Waals surface area (Å²) in [6.45, 7) is 2.10. The van der Waals surface area contributed by atoms with Crippen LogP contribution in [0.4, 0.5) is 0 Å². The van der Waals surface area contributed by atoms with E-state index in [1.807, 2.05) is 0 Å². The van der Waals surface area contributed by atoms with Crippen molar-refractivity contribution in [2.45, 2.75) is 18.9 Å². The van der Waals surface area contributed by atoms with E-state index in [2.05, 4.69) is 48.3 Å². The Kier molecular flexibility index (Phi) is 1.26. The molecule has 0 bridgehead atoms. The minimum Gasteiger partial charge on any atom is -0.281 e. The van der Waals surface area contributed by atoms with E-state index in [9.17, 15) is 0 Å². The van der Waals surface area contributed by atoms with E-state index in [-0.39, 0.29) is 0 Å². The maximum Gasteiger partial charge on any atom is 0.0786 e. The van der Waals surface area contributed by atoms with E-state index in [0.29, 0.717) is 12.0 Å². The molecule has 0 amide bonds. The highest BCUT2D eigenvalue weighted by Crippen LogP contribution is 2.37. The molecule has 0 radical (unpaired) electrons. The molecule has 0 spiro atoms. The van der Waals surface area contributed by atoms with E-state index < -0.39 is 0 Å². The van der Waals surface area contributed by atoms with E-state index in [1.54, 1.807) is 0 Å². The molecule has 0 saturated heterocycles. The van der Waals surface area contributed by atoms with Crippen molar-refractivity contribution in [3.8, 4) is 0 Å². The lowest BCUT2D eigenvalue weighted by Crippen LogP contribution is -2.27. The molecule has 1 nitrogen and oxygen atoms in total. The third-order valence-electron chi connectivity index (χ3n) is 2.94. The SMILES string of the molecule is CC1=NC2C=CC2c2ccccc21. The Bertz CT molecular complexity index is 415. The van der Waals surface area contributed by atoms with Crippen LogP contribution >= 0.6 is 0 Å². The lowest BCUT2D eigenvalue weighted by atomic mass is 9.78. The fourth-order valence-electron chi connectivity index (χ4n) is 2.14. The van der Waals surface area contributed by atoms with Crippen molar-refractivity contribution in [2.24, 2.45) is 4.99 Å². The van der Waals surface area contributed by atoms with Gasteiger partial charge < -0.3 is 0 Å². The molecule has 13 heavy (non-hydrogen) atoms. The average Bonchev–Trinajstić information content (AvgIpc) is 2.11. The van der Waals surface area contributed by atoms with Gasteiger partial charge in [0, 0.05) is 11.6 Å². The molecule has 64 valence electrons. The summed E-state index contributed by atoms with van der Waals surface area (Å²) in [7, 11) is 0. The van der Waals surface area contributed by atoms with Gasteiger partial charge in [-0.15, -0.1) is 0 Å². The van der Waals surface area contributed by atoms with Gasteiger partial charge >= 0.3 is 0 Å². The van der Waals surface area contributed by atoms with Crippen molar-refractivity contribution in [2.75, 3.05) is 0 Å². The van der Waals surface area contributed by atoms with Gasteiger partial charge in [0.05, 0.1) is 6.04 Å². The van der Waals surface area contributed by atoms with Gasteiger partial charge in [-0.3, -0.25) is 4.99 Å². The highest BCUT2D eigenvalue weighted by molar-refractivity contribution is 6.01. The fraction of sp³-hybridized carbons (Fsp3) is 0.250. The molecule has 0 saturated carbocycles. The molecule has 2 aliphatic rings. The van der Waals surface area contributed by atoms with Crippen LogP contribution in [0, 0.1) is 0 Å². The summed E-state index contributed by atoms with van der Waals surface area (Å²) in [5.74, 6) is 0.555. The zero-order chi connectivity index (χ0) is 8.84. The Morgan fingerprint density at radius 1 is 1.15 bits per heavy atom. The van der Waals surface area contributed by atoms with E-state index in [0.717, 1.165) is 0 Å². The highest BCUT2D eigenvalue weighted by Gasteiger charge is 2.30. The second-order valence-electron chi connectivity index (χ2n) is 3.70.